The summed E-state index contributed by atoms with van der Waals surface area (Å²) in [6, 6.07) is 13.3. The van der Waals surface area contributed by atoms with Gasteiger partial charge in [-0.2, -0.15) is 5.26 Å². The first-order valence-electron chi connectivity index (χ1n) is 10.8. The number of rotatable bonds is 7. The van der Waals surface area contributed by atoms with Crippen LogP contribution in [-0.2, 0) is 4.79 Å². The highest BCUT2D eigenvalue weighted by atomic mass is 35.5. The van der Waals surface area contributed by atoms with Gasteiger partial charge in [0.15, 0.2) is 11.5 Å². The third kappa shape index (κ3) is 5.95. The van der Waals surface area contributed by atoms with Crippen molar-refractivity contribution in [2.45, 2.75) is 19.8 Å². The van der Waals surface area contributed by atoms with E-state index in [9.17, 15) is 4.79 Å². The van der Waals surface area contributed by atoms with Crippen LogP contribution >= 0.6 is 11.6 Å². The predicted octanol–water partition coefficient (Wildman–Crippen LogP) is 4.76. The molecule has 0 aromatic heterocycles. The Hall–Kier alpha value is -3.17. The van der Waals surface area contributed by atoms with Crippen LogP contribution in [0.5, 0.6) is 11.5 Å². The average Bonchev–Trinajstić information content (AvgIpc) is 3.08. The first kappa shape index (κ1) is 23.5. The Bertz CT molecular complexity index is 999. The van der Waals surface area contributed by atoms with Gasteiger partial charge in [0.1, 0.15) is 0 Å². The van der Waals surface area contributed by atoms with Crippen molar-refractivity contribution in [1.82, 2.24) is 4.90 Å². The summed E-state index contributed by atoms with van der Waals surface area (Å²) < 4.78 is 11.1. The Morgan fingerprint density at radius 3 is 2.66 bits per heavy atom. The maximum Gasteiger partial charge on any atom is 0.246 e. The minimum atomic E-state index is -0.0342. The Morgan fingerprint density at radius 1 is 1.19 bits per heavy atom. The zero-order valence-electron chi connectivity index (χ0n) is 18.5. The van der Waals surface area contributed by atoms with Crippen molar-refractivity contribution in [1.29, 1.82) is 5.26 Å². The number of nitriles is 1. The van der Waals surface area contributed by atoms with Gasteiger partial charge in [0, 0.05) is 37.9 Å². The highest BCUT2D eigenvalue weighted by Gasteiger charge is 2.18. The molecule has 1 aliphatic rings. The molecule has 1 heterocycles. The monoisotopic (exact) mass is 453 g/mol. The van der Waals surface area contributed by atoms with E-state index in [2.05, 4.69) is 11.0 Å². The van der Waals surface area contributed by atoms with Gasteiger partial charge in [-0.1, -0.05) is 18.5 Å². The van der Waals surface area contributed by atoms with Crippen molar-refractivity contribution in [2.75, 3.05) is 44.8 Å². The molecule has 0 radical (unpaired) electrons. The van der Waals surface area contributed by atoms with Gasteiger partial charge in [0.2, 0.25) is 5.91 Å². The van der Waals surface area contributed by atoms with Crippen molar-refractivity contribution in [3.8, 4) is 17.6 Å². The van der Waals surface area contributed by atoms with E-state index in [0.29, 0.717) is 41.8 Å². The molecule has 0 spiro atoms. The van der Waals surface area contributed by atoms with Crippen LogP contribution in [0, 0.1) is 11.3 Å². The molecule has 0 N–H and O–H groups in total. The van der Waals surface area contributed by atoms with Gasteiger partial charge in [-0.25, -0.2) is 0 Å². The van der Waals surface area contributed by atoms with Gasteiger partial charge in [-0.05, 0) is 60.9 Å². The summed E-state index contributed by atoms with van der Waals surface area (Å²) >= 11 is 6.37. The van der Waals surface area contributed by atoms with E-state index in [-0.39, 0.29) is 5.91 Å². The maximum absolute atomic E-state index is 12.8. The van der Waals surface area contributed by atoms with E-state index in [1.54, 1.807) is 25.3 Å². The lowest BCUT2D eigenvalue weighted by molar-refractivity contribution is -0.125. The highest BCUT2D eigenvalue weighted by molar-refractivity contribution is 6.32. The quantitative estimate of drug-likeness (QED) is 0.565. The number of anilines is 1. The van der Waals surface area contributed by atoms with E-state index in [0.717, 1.165) is 37.2 Å². The van der Waals surface area contributed by atoms with Gasteiger partial charge in [0.05, 0.1) is 30.4 Å². The summed E-state index contributed by atoms with van der Waals surface area (Å²) in [4.78, 5) is 16.9. The standard InChI is InChI=1S/C25H28ClN3O3/c1-3-15-32-25-22(26)16-20(17-23(25)31-2)7-10-24(30)29-12-4-11-28(13-14-29)21-8-5-19(18-27)6-9-21/h5-10,16-17H,3-4,11-15H2,1-2H3/b10-7+. The summed E-state index contributed by atoms with van der Waals surface area (Å²) in [6.45, 7) is 5.52. The lowest BCUT2D eigenvalue weighted by Crippen LogP contribution is -2.34. The molecule has 1 aliphatic heterocycles. The summed E-state index contributed by atoms with van der Waals surface area (Å²) in [6.07, 6.45) is 5.08. The number of hydrogen-bond donors (Lipinski definition) is 0. The third-order valence-corrected chi connectivity index (χ3v) is 5.57. The maximum atomic E-state index is 12.8. The number of hydrogen-bond acceptors (Lipinski definition) is 5. The summed E-state index contributed by atoms with van der Waals surface area (Å²) in [7, 11) is 1.57. The first-order valence-corrected chi connectivity index (χ1v) is 11.2. The first-order chi connectivity index (χ1) is 15.5. The van der Waals surface area contributed by atoms with Crippen LogP contribution in [0.15, 0.2) is 42.5 Å². The Kier molecular flexibility index (Phi) is 8.41. The van der Waals surface area contributed by atoms with E-state index >= 15 is 0 Å². The Balaban J connectivity index is 1.64. The van der Waals surface area contributed by atoms with Gasteiger partial charge in [-0.3, -0.25) is 4.79 Å². The van der Waals surface area contributed by atoms with Gasteiger partial charge in [-0.15, -0.1) is 0 Å². The molecule has 2 aromatic carbocycles. The summed E-state index contributed by atoms with van der Waals surface area (Å²) in [5.74, 6) is 1.04. The minimum absolute atomic E-state index is 0.0342. The number of ether oxygens (including phenoxy) is 2. The predicted molar refractivity (Wildman–Crippen MR) is 127 cm³/mol. The van der Waals surface area contributed by atoms with Crippen molar-refractivity contribution >= 4 is 29.3 Å². The summed E-state index contributed by atoms with van der Waals surface area (Å²) in [5.41, 5.74) is 2.49. The second-order valence-electron chi connectivity index (χ2n) is 7.54. The zero-order chi connectivity index (χ0) is 22.9. The van der Waals surface area contributed by atoms with Crippen LogP contribution in [0.2, 0.25) is 5.02 Å². The van der Waals surface area contributed by atoms with Crippen LogP contribution in [0.3, 0.4) is 0 Å². The van der Waals surface area contributed by atoms with Crippen LogP contribution < -0.4 is 14.4 Å². The molecule has 32 heavy (non-hydrogen) atoms. The Labute approximate surface area is 194 Å². The largest absolute Gasteiger partial charge is 0.493 e. The molecule has 0 unspecified atom stereocenters. The van der Waals surface area contributed by atoms with Crippen molar-refractivity contribution in [3.05, 3.63) is 58.6 Å². The topological polar surface area (TPSA) is 65.8 Å². The smallest absolute Gasteiger partial charge is 0.246 e. The fourth-order valence-electron chi connectivity index (χ4n) is 3.60. The fourth-order valence-corrected chi connectivity index (χ4v) is 3.87. The van der Waals surface area contributed by atoms with Crippen LogP contribution in [0.1, 0.15) is 30.9 Å². The summed E-state index contributed by atoms with van der Waals surface area (Å²) in [5, 5.41) is 9.43. The number of nitrogens with zero attached hydrogens (tertiary/aromatic N) is 3. The number of halogens is 1. The second kappa shape index (κ2) is 11.4. The molecule has 7 heteroatoms. The van der Waals surface area contributed by atoms with E-state index in [1.165, 1.54) is 0 Å². The van der Waals surface area contributed by atoms with Crippen molar-refractivity contribution < 1.29 is 14.3 Å². The molecule has 0 aliphatic carbocycles. The van der Waals surface area contributed by atoms with E-state index in [4.69, 9.17) is 26.3 Å². The van der Waals surface area contributed by atoms with Gasteiger partial charge < -0.3 is 19.3 Å². The second-order valence-corrected chi connectivity index (χ2v) is 7.95. The average molecular weight is 454 g/mol. The molecule has 6 nitrogen and oxygen atoms in total. The van der Waals surface area contributed by atoms with E-state index in [1.807, 2.05) is 42.2 Å². The van der Waals surface area contributed by atoms with Crippen molar-refractivity contribution in [3.63, 3.8) is 0 Å². The lowest BCUT2D eigenvalue weighted by atomic mass is 10.1. The van der Waals surface area contributed by atoms with E-state index < -0.39 is 0 Å². The molecule has 1 fully saturated rings. The molecule has 1 saturated heterocycles. The van der Waals surface area contributed by atoms with Crippen molar-refractivity contribution in [2.24, 2.45) is 0 Å². The highest BCUT2D eigenvalue weighted by Crippen LogP contribution is 2.36. The van der Waals surface area contributed by atoms with Crippen LogP contribution in [0.25, 0.3) is 6.08 Å². The normalized spacial score (nSPS) is 14.2. The molecular weight excluding hydrogens is 426 g/mol. The minimum Gasteiger partial charge on any atom is -0.493 e. The van der Waals surface area contributed by atoms with Gasteiger partial charge >= 0.3 is 0 Å². The number of benzene rings is 2. The SMILES string of the molecule is CCCOc1c(Cl)cc(/C=C/C(=O)N2CCCN(c3ccc(C#N)cc3)CC2)cc1OC. The Morgan fingerprint density at radius 2 is 1.97 bits per heavy atom. The number of methoxy groups -OCH3 is 1. The van der Waals surface area contributed by atoms with Crippen LogP contribution in [-0.4, -0.2) is 50.7 Å². The zero-order valence-corrected chi connectivity index (χ0v) is 19.3. The lowest BCUT2D eigenvalue weighted by Gasteiger charge is -2.23. The molecule has 0 atom stereocenters. The molecule has 2 aromatic rings. The molecular formula is C25H28ClN3O3. The molecule has 0 bridgehead atoms. The number of carbonyl (C=O) groups is 1. The number of carbonyl (C=O) groups excluding carboxylic acids is 1. The molecule has 3 rings (SSSR count). The number of amides is 1. The van der Waals surface area contributed by atoms with Crippen LogP contribution in [0.4, 0.5) is 5.69 Å². The fraction of sp³-hybridized carbons (Fsp3) is 0.360. The molecule has 168 valence electrons. The molecule has 0 saturated carbocycles. The molecule has 1 amide bonds. The third-order valence-electron chi connectivity index (χ3n) is 5.29. The van der Waals surface area contributed by atoms with Gasteiger partial charge in [0.25, 0.3) is 0 Å².